The van der Waals surface area contributed by atoms with Gasteiger partial charge >= 0.3 is 0 Å². The molecule has 0 bridgehead atoms. The molecular formula is C16H25FN2. The van der Waals surface area contributed by atoms with Crippen LogP contribution in [0.25, 0.3) is 0 Å². The fraction of sp³-hybridized carbons (Fsp3) is 0.625. The molecule has 0 amide bonds. The number of aryl methyl sites for hydroxylation is 1. The summed E-state index contributed by atoms with van der Waals surface area (Å²) in [6.45, 7) is 9.65. The third kappa shape index (κ3) is 4.59. The lowest BCUT2D eigenvalue weighted by Gasteiger charge is -2.30. The zero-order valence-electron chi connectivity index (χ0n) is 12.1. The van der Waals surface area contributed by atoms with Gasteiger partial charge in [-0.25, -0.2) is 4.39 Å². The molecule has 0 atom stereocenters. The van der Waals surface area contributed by atoms with Gasteiger partial charge in [-0.3, -0.25) is 0 Å². The molecule has 1 aromatic carbocycles. The second-order valence-electron chi connectivity index (χ2n) is 5.77. The van der Waals surface area contributed by atoms with Crippen molar-refractivity contribution < 1.29 is 4.39 Å². The summed E-state index contributed by atoms with van der Waals surface area (Å²) in [6, 6.07) is 5.00. The van der Waals surface area contributed by atoms with E-state index in [1.54, 1.807) is 6.07 Å². The van der Waals surface area contributed by atoms with Crippen LogP contribution in [0.15, 0.2) is 18.2 Å². The molecule has 3 heteroatoms. The molecule has 0 unspecified atom stereocenters. The molecule has 1 heterocycles. The molecule has 1 fully saturated rings. The number of rotatable bonds is 5. The van der Waals surface area contributed by atoms with E-state index < -0.39 is 0 Å². The number of nitrogens with one attached hydrogen (secondary N) is 1. The number of benzene rings is 1. The summed E-state index contributed by atoms with van der Waals surface area (Å²) < 4.78 is 13.1. The monoisotopic (exact) mass is 264 g/mol. The maximum atomic E-state index is 13.1. The van der Waals surface area contributed by atoms with Gasteiger partial charge in [-0.15, -0.1) is 0 Å². The molecule has 0 spiro atoms. The molecule has 0 radical (unpaired) electrons. The minimum Gasteiger partial charge on any atom is -0.311 e. The van der Waals surface area contributed by atoms with Crippen LogP contribution >= 0.6 is 0 Å². The van der Waals surface area contributed by atoms with Gasteiger partial charge in [0, 0.05) is 19.6 Å². The molecule has 19 heavy (non-hydrogen) atoms. The Morgan fingerprint density at radius 2 is 2.05 bits per heavy atom. The molecule has 1 aliphatic heterocycles. The summed E-state index contributed by atoms with van der Waals surface area (Å²) in [4.78, 5) is 2.52. The molecule has 1 saturated heterocycles. The number of halogens is 1. The van der Waals surface area contributed by atoms with Crippen LogP contribution in [0.3, 0.4) is 0 Å². The second-order valence-corrected chi connectivity index (χ2v) is 5.77. The fourth-order valence-electron chi connectivity index (χ4n) is 2.58. The molecule has 0 aliphatic carbocycles. The predicted octanol–water partition coefficient (Wildman–Crippen LogP) is 2.96. The van der Waals surface area contributed by atoms with E-state index in [9.17, 15) is 4.39 Å². The van der Waals surface area contributed by atoms with Crippen LogP contribution in [-0.4, -0.2) is 31.1 Å². The average molecular weight is 264 g/mol. The van der Waals surface area contributed by atoms with Crippen LogP contribution in [0.1, 0.15) is 30.9 Å². The predicted molar refractivity (Wildman–Crippen MR) is 77.7 cm³/mol. The summed E-state index contributed by atoms with van der Waals surface area (Å²) in [7, 11) is 0. The van der Waals surface area contributed by atoms with Gasteiger partial charge in [0.25, 0.3) is 0 Å². The summed E-state index contributed by atoms with van der Waals surface area (Å²) in [5, 5.41) is 3.42. The highest BCUT2D eigenvalue weighted by Crippen LogP contribution is 2.15. The van der Waals surface area contributed by atoms with Gasteiger partial charge in [0.05, 0.1) is 0 Å². The molecular weight excluding hydrogens is 239 g/mol. The van der Waals surface area contributed by atoms with Crippen molar-refractivity contribution in [2.24, 2.45) is 5.92 Å². The van der Waals surface area contributed by atoms with E-state index in [1.165, 1.54) is 32.0 Å². The number of hydrogen-bond acceptors (Lipinski definition) is 2. The van der Waals surface area contributed by atoms with E-state index in [0.717, 1.165) is 36.7 Å². The molecule has 0 aromatic heterocycles. The van der Waals surface area contributed by atoms with Crippen LogP contribution in [0, 0.1) is 18.7 Å². The third-order valence-corrected chi connectivity index (χ3v) is 4.11. The van der Waals surface area contributed by atoms with Crippen molar-refractivity contribution in [2.75, 3.05) is 26.2 Å². The second kappa shape index (κ2) is 7.01. The molecule has 2 nitrogen and oxygen atoms in total. The van der Waals surface area contributed by atoms with Crippen LogP contribution in [0.5, 0.6) is 0 Å². The lowest BCUT2D eigenvalue weighted by molar-refractivity contribution is 0.193. The van der Waals surface area contributed by atoms with Crippen molar-refractivity contribution in [1.82, 2.24) is 10.2 Å². The average Bonchev–Trinajstić information content (AvgIpc) is 2.40. The van der Waals surface area contributed by atoms with Crippen LogP contribution in [0.4, 0.5) is 4.39 Å². The topological polar surface area (TPSA) is 15.3 Å². The zero-order valence-corrected chi connectivity index (χ0v) is 12.1. The minimum atomic E-state index is -0.146. The Balaban J connectivity index is 1.68. The van der Waals surface area contributed by atoms with Gasteiger partial charge in [-0.2, -0.15) is 0 Å². The summed E-state index contributed by atoms with van der Waals surface area (Å²) >= 11 is 0. The highest BCUT2D eigenvalue weighted by molar-refractivity contribution is 5.26. The van der Waals surface area contributed by atoms with Crippen LogP contribution in [-0.2, 0) is 6.54 Å². The van der Waals surface area contributed by atoms with E-state index in [1.807, 2.05) is 13.0 Å². The van der Waals surface area contributed by atoms with Gasteiger partial charge in [0.2, 0.25) is 0 Å². The van der Waals surface area contributed by atoms with Crippen molar-refractivity contribution in [1.29, 1.82) is 0 Å². The fourth-order valence-corrected chi connectivity index (χ4v) is 2.58. The molecule has 2 rings (SSSR count). The smallest absolute Gasteiger partial charge is 0.123 e. The van der Waals surface area contributed by atoms with E-state index in [-0.39, 0.29) is 5.82 Å². The van der Waals surface area contributed by atoms with Crippen molar-refractivity contribution in [3.63, 3.8) is 0 Å². The van der Waals surface area contributed by atoms with Crippen molar-refractivity contribution in [3.05, 3.63) is 35.1 Å². The molecule has 1 aromatic rings. The lowest BCUT2D eigenvalue weighted by atomic mass is 9.99. The Morgan fingerprint density at radius 3 is 2.79 bits per heavy atom. The van der Waals surface area contributed by atoms with E-state index in [4.69, 9.17) is 0 Å². The molecule has 1 N–H and O–H groups in total. The van der Waals surface area contributed by atoms with Gasteiger partial charge in [0.15, 0.2) is 0 Å². The van der Waals surface area contributed by atoms with Crippen LogP contribution < -0.4 is 5.32 Å². The molecule has 1 aliphatic rings. The maximum absolute atomic E-state index is 13.1. The van der Waals surface area contributed by atoms with Crippen molar-refractivity contribution >= 4 is 0 Å². The van der Waals surface area contributed by atoms with E-state index >= 15 is 0 Å². The number of nitrogens with zero attached hydrogens (tertiary/aromatic N) is 1. The first-order valence-corrected chi connectivity index (χ1v) is 7.33. The SMILES string of the molecule is Cc1ccc(F)cc1CNCCN1CCC(C)CC1. The van der Waals surface area contributed by atoms with Gasteiger partial charge in [0.1, 0.15) is 5.82 Å². The number of hydrogen-bond donors (Lipinski definition) is 1. The third-order valence-electron chi connectivity index (χ3n) is 4.11. The lowest BCUT2D eigenvalue weighted by Crippen LogP contribution is -2.37. The Labute approximate surface area is 116 Å². The van der Waals surface area contributed by atoms with Gasteiger partial charge in [-0.05, 0) is 62.0 Å². The van der Waals surface area contributed by atoms with Crippen LogP contribution in [0.2, 0.25) is 0 Å². The zero-order chi connectivity index (χ0) is 13.7. The Hall–Kier alpha value is -0.930. The first-order chi connectivity index (χ1) is 9.15. The minimum absolute atomic E-state index is 0.146. The highest BCUT2D eigenvalue weighted by Gasteiger charge is 2.14. The summed E-state index contributed by atoms with van der Waals surface area (Å²) in [5.41, 5.74) is 2.22. The first kappa shape index (κ1) is 14.5. The van der Waals surface area contributed by atoms with E-state index in [2.05, 4.69) is 17.1 Å². The largest absolute Gasteiger partial charge is 0.311 e. The Morgan fingerprint density at radius 1 is 1.32 bits per heavy atom. The highest BCUT2D eigenvalue weighted by atomic mass is 19.1. The normalized spacial score (nSPS) is 17.8. The van der Waals surface area contributed by atoms with Gasteiger partial charge in [-0.1, -0.05) is 13.0 Å². The molecule has 0 saturated carbocycles. The summed E-state index contributed by atoms with van der Waals surface area (Å²) in [6.07, 6.45) is 2.64. The van der Waals surface area contributed by atoms with Crippen molar-refractivity contribution in [3.8, 4) is 0 Å². The number of piperidine rings is 1. The standard InChI is InChI=1S/C16H25FN2/c1-13-5-8-19(9-6-13)10-7-18-12-15-11-16(17)4-3-14(15)2/h3-4,11,13,18H,5-10,12H2,1-2H3. The Kier molecular flexibility index (Phi) is 5.34. The van der Waals surface area contributed by atoms with Gasteiger partial charge < -0.3 is 10.2 Å². The number of likely N-dealkylation sites (tertiary alicyclic amines) is 1. The molecule has 106 valence electrons. The first-order valence-electron chi connectivity index (χ1n) is 7.33. The quantitative estimate of drug-likeness (QED) is 0.823. The van der Waals surface area contributed by atoms with E-state index in [0.29, 0.717) is 0 Å². The summed E-state index contributed by atoms with van der Waals surface area (Å²) in [5.74, 6) is 0.742. The van der Waals surface area contributed by atoms with Crippen molar-refractivity contribution in [2.45, 2.75) is 33.2 Å². The Bertz CT molecular complexity index is 398. The maximum Gasteiger partial charge on any atom is 0.123 e.